The van der Waals surface area contributed by atoms with Crippen LogP contribution in [0.3, 0.4) is 0 Å². The highest BCUT2D eigenvalue weighted by molar-refractivity contribution is 8.08. The maximum absolute atomic E-state index is 13.1. The van der Waals surface area contributed by atoms with Gasteiger partial charge in [0.2, 0.25) is 5.95 Å². The summed E-state index contributed by atoms with van der Waals surface area (Å²) in [6.07, 6.45) is -5.27. The summed E-state index contributed by atoms with van der Waals surface area (Å²) in [5, 5.41) is 10.8. The van der Waals surface area contributed by atoms with Crippen LogP contribution in [0.5, 0.6) is 0 Å². The Balaban J connectivity index is 1.07. The number of fused-ring (bicyclic) bond motifs is 1. The maximum atomic E-state index is 13.1. The van der Waals surface area contributed by atoms with Crippen molar-refractivity contribution < 1.29 is 75.1 Å². The van der Waals surface area contributed by atoms with E-state index in [-0.39, 0.29) is 80.1 Å². The number of aromatic nitrogens is 10. The highest BCUT2D eigenvalue weighted by Crippen LogP contribution is 2.51. The lowest BCUT2D eigenvalue weighted by molar-refractivity contribution is -0.0496. The average Bonchev–Trinajstić information content (AvgIpc) is 4.21. The molecule has 0 amide bonds. The normalized spacial score (nSPS) is 20.9. The molecule has 0 aromatic carbocycles. The van der Waals surface area contributed by atoms with Gasteiger partial charge in [-0.2, -0.15) is 19.9 Å². The number of nitrogens with two attached hydrogens (primary N) is 4. The summed E-state index contributed by atoms with van der Waals surface area (Å²) in [5.74, 6) is -0.364. The molecule has 1 aliphatic heterocycles. The number of aryl methyl sites for hydroxylation is 1. The van der Waals surface area contributed by atoms with Gasteiger partial charge in [0.15, 0.2) is 11.2 Å². The minimum Gasteiger partial charge on any atom is -0.383 e. The van der Waals surface area contributed by atoms with Crippen LogP contribution >= 0.6 is 26.9 Å². The minimum atomic E-state index is -4.27. The molecular weight excluding hydrogens is 1250 g/mol. The largest absolute Gasteiger partial charge is 0.383 e. The van der Waals surface area contributed by atoms with Gasteiger partial charge in [-0.1, -0.05) is 0 Å². The number of aliphatic hydroxyl groups is 1. The fourth-order valence-corrected chi connectivity index (χ4v) is 13.5. The van der Waals surface area contributed by atoms with Crippen LogP contribution < -0.4 is 45.6 Å². The fraction of sp³-hybridized carbons (Fsp3) is 0.575. The van der Waals surface area contributed by atoms with Crippen molar-refractivity contribution in [3.8, 4) is 0 Å². The Bertz CT molecular complexity index is 3470. The summed E-state index contributed by atoms with van der Waals surface area (Å²) in [4.78, 5) is 116. The Hall–Kier alpha value is -3.85. The second-order valence-corrected chi connectivity index (χ2v) is 29.2. The van der Waals surface area contributed by atoms with Crippen molar-refractivity contribution in [2.75, 3.05) is 63.1 Å². The Kier molecular flexibility index (Phi) is 23.8. The molecule has 1 aliphatic rings. The molecule has 0 aliphatic carbocycles. The molecule has 6 heterocycles. The molecule has 5 aromatic heterocycles. The van der Waals surface area contributed by atoms with Crippen molar-refractivity contribution in [3.05, 3.63) is 84.4 Å². The Morgan fingerprint density at radius 1 is 0.720 bits per heavy atom. The Labute approximate surface area is 485 Å². The maximum Gasteiger partial charge on any atom is 0.351 e. The summed E-state index contributed by atoms with van der Waals surface area (Å²) in [6.45, 7) is -11.9. The van der Waals surface area contributed by atoms with Gasteiger partial charge in [0.1, 0.15) is 48.5 Å². The number of imidazole rings is 1. The average molecular weight is 1310 g/mol. The lowest BCUT2D eigenvalue weighted by Crippen LogP contribution is -2.32. The minimum absolute atomic E-state index is 0.00969. The van der Waals surface area contributed by atoms with Crippen LogP contribution in [0.2, 0.25) is 0 Å². The van der Waals surface area contributed by atoms with Gasteiger partial charge < -0.3 is 98.0 Å². The van der Waals surface area contributed by atoms with E-state index in [1.165, 1.54) is 62.6 Å². The van der Waals surface area contributed by atoms with E-state index in [0.29, 0.717) is 5.56 Å². The molecule has 0 spiro atoms. The number of H-pyrrole nitrogens is 1. The van der Waals surface area contributed by atoms with E-state index in [4.69, 9.17) is 121 Å². The summed E-state index contributed by atoms with van der Waals surface area (Å²) in [7, 11) is 1.19. The van der Waals surface area contributed by atoms with Crippen LogP contribution in [-0.2, 0) is 97.6 Å². The number of aromatic amines is 1. The predicted octanol–water partition coefficient (Wildman–Crippen LogP) is 0.671. The summed E-state index contributed by atoms with van der Waals surface area (Å²) < 4.78 is 67.1. The van der Waals surface area contributed by atoms with Crippen LogP contribution in [0.4, 0.5) is 23.4 Å². The van der Waals surface area contributed by atoms with Gasteiger partial charge in [0, 0.05) is 56.9 Å². The zero-order chi connectivity index (χ0) is 60.5. The smallest absolute Gasteiger partial charge is 0.351 e. The number of ether oxygens (including phenoxy) is 3. The third kappa shape index (κ3) is 19.6. The highest BCUT2D eigenvalue weighted by Gasteiger charge is 2.42. The molecule has 0 radical (unpaired) electrons. The quantitative estimate of drug-likeness (QED) is 0.0209. The van der Waals surface area contributed by atoms with Crippen LogP contribution in [0.25, 0.3) is 11.2 Å². The predicted molar refractivity (Wildman–Crippen MR) is 307 cm³/mol. The van der Waals surface area contributed by atoms with E-state index >= 15 is 0 Å². The molecule has 82 heavy (non-hydrogen) atoms. The lowest BCUT2D eigenvalue weighted by Gasteiger charge is -2.27. The van der Waals surface area contributed by atoms with Gasteiger partial charge in [-0.25, -0.2) is 19.4 Å². The summed E-state index contributed by atoms with van der Waals surface area (Å²) in [5.41, 5.74) is 20.3. The van der Waals surface area contributed by atoms with Gasteiger partial charge in [0.05, 0.1) is 63.8 Å². The molecule has 0 saturated carbocycles. The second-order valence-electron chi connectivity index (χ2n) is 18.0. The number of hydrogen-bond acceptors (Lipinski definition) is 29. The molecule has 13 atom stereocenters. The second kappa shape index (κ2) is 29.0. The number of anilines is 4. The molecule has 5 aromatic rings. The van der Waals surface area contributed by atoms with E-state index in [9.17, 15) is 43.9 Å². The van der Waals surface area contributed by atoms with E-state index < -0.39 is 118 Å². The van der Waals surface area contributed by atoms with Gasteiger partial charge >= 0.3 is 43.9 Å². The van der Waals surface area contributed by atoms with Crippen molar-refractivity contribution in [1.29, 1.82) is 0 Å². The van der Waals surface area contributed by atoms with Crippen LogP contribution in [0, 0.1) is 6.92 Å². The molecule has 14 N–H and O–H groups in total. The molecule has 9 unspecified atom stereocenters. The molecule has 6 rings (SSSR count). The van der Waals surface area contributed by atoms with E-state index in [1.54, 1.807) is 13.8 Å². The van der Waals surface area contributed by atoms with Crippen LogP contribution in [0.1, 0.15) is 76.9 Å². The Morgan fingerprint density at radius 2 is 1.23 bits per heavy atom. The standard InChI is InChI=1S/C40H62N14O20P4S4/c1-21-18-53(40(59)48-34(21)43)29(55)14-22(2)72-78(63,82)69-19-26-25(17-32(70-26)54-20-45-33-35(54)49-37(44)50-36(33)56)74-77(62,81)68-13-11-66-31(52-9-7-28(42)47-39(52)58)16-24(4)73-76(61,80)67-12-10-65-30(15-23(3)71-75(60,79)64-5)51-8-6-27(41)46-38(51)57/h6-9,18,20,22-26,29-32,55H,10-17,19H2,1-5H3,(H,60,79)(H,61,80)(H,62,81)(H,63,82)(H2,41,46,57)(H2,42,47,58)(H2,43,48,59)(H3,44,49,50,56)/t22?,23?,24?,25?,26-,29-,30-,31?,32-,75?,76?,77?,78?/m1/s1. The zero-order valence-electron chi connectivity index (χ0n) is 44.1. The van der Waals surface area contributed by atoms with Crippen molar-refractivity contribution in [2.45, 2.75) is 109 Å². The van der Waals surface area contributed by atoms with Crippen molar-refractivity contribution >= 4 is 109 Å². The first kappa shape index (κ1) is 67.3. The van der Waals surface area contributed by atoms with E-state index in [2.05, 4.69) is 29.9 Å². The first-order valence-corrected chi connectivity index (χ1v) is 34.6. The van der Waals surface area contributed by atoms with Gasteiger partial charge in [-0.05, 0) is 87.1 Å². The van der Waals surface area contributed by atoms with Crippen molar-refractivity contribution in [2.24, 2.45) is 0 Å². The van der Waals surface area contributed by atoms with Gasteiger partial charge in [-0.3, -0.25) is 28.0 Å². The zero-order valence-corrected chi connectivity index (χ0v) is 51.0. The molecule has 34 nitrogen and oxygen atoms in total. The monoisotopic (exact) mass is 1310 g/mol. The molecule has 456 valence electrons. The van der Waals surface area contributed by atoms with Crippen LogP contribution in [0.15, 0.2) is 56.2 Å². The first-order chi connectivity index (χ1) is 38.3. The van der Waals surface area contributed by atoms with E-state index in [0.717, 1.165) is 13.7 Å². The summed E-state index contributed by atoms with van der Waals surface area (Å²) in [6, 6.07) is 2.70. The third-order valence-electron chi connectivity index (χ3n) is 11.5. The molecular formula is C40H62N14O20P4S4. The van der Waals surface area contributed by atoms with Crippen molar-refractivity contribution in [1.82, 2.24) is 48.2 Å². The topological polar surface area (TPSA) is 475 Å². The number of hydrogen-bond donors (Lipinski definition) is 10. The molecule has 1 saturated heterocycles. The third-order valence-corrected chi connectivity index (χ3v) is 18.3. The van der Waals surface area contributed by atoms with Gasteiger partial charge in [-0.15, -0.1) is 0 Å². The first-order valence-electron chi connectivity index (χ1n) is 24.2. The van der Waals surface area contributed by atoms with E-state index in [1.807, 2.05) is 0 Å². The fourth-order valence-electron chi connectivity index (χ4n) is 7.83. The highest BCUT2D eigenvalue weighted by atomic mass is 32.5. The number of rotatable bonds is 32. The number of nitrogen functional groups attached to an aromatic ring is 4. The number of nitrogens with zero attached hydrogens (tertiary/aromatic N) is 9. The van der Waals surface area contributed by atoms with Gasteiger partial charge in [0.25, 0.3) is 5.56 Å². The van der Waals surface area contributed by atoms with Crippen LogP contribution in [-0.4, -0.2) is 144 Å². The Morgan fingerprint density at radius 3 is 1.78 bits per heavy atom. The molecule has 1 fully saturated rings. The lowest BCUT2D eigenvalue weighted by atomic mass is 10.2. The molecule has 0 bridgehead atoms. The number of nitrogens with one attached hydrogen (secondary N) is 1. The number of aliphatic hydroxyl groups excluding tert-OH is 1. The molecule has 42 heteroatoms. The van der Waals surface area contributed by atoms with Crippen molar-refractivity contribution in [3.63, 3.8) is 0 Å². The summed E-state index contributed by atoms with van der Waals surface area (Å²) >= 11 is 20.9. The SMILES string of the molecule is COP(O)(=S)OC(C)C[C@@H](OCCOP(O)(=S)OC(C)CC(OCCOP(O)(=S)OC1C[C@H](n2cnc3c(=O)[nH]c(N)nc32)O[C@@H]1COP(O)(=S)OC(C)C[C@@H](O)n1cc(C)c(N)nc1=O)n1ccc(N)nc1=O)n1ccc(N)nc1=O.